The van der Waals surface area contributed by atoms with E-state index in [0.717, 1.165) is 95.2 Å². The van der Waals surface area contributed by atoms with E-state index in [1.807, 2.05) is 18.5 Å². The van der Waals surface area contributed by atoms with Gasteiger partial charge in [0, 0.05) is 45.8 Å². The van der Waals surface area contributed by atoms with Gasteiger partial charge in [-0.3, -0.25) is 9.55 Å². The van der Waals surface area contributed by atoms with Crippen LogP contribution >= 0.6 is 0 Å². The Kier molecular flexibility index (Phi) is 10.7. The Labute approximate surface area is 386 Å². The monoisotopic (exact) mass is 846 g/mol. The predicted octanol–water partition coefficient (Wildman–Crippen LogP) is 16.5. The zero-order chi connectivity index (χ0) is 44.4. The molecule has 66 heavy (non-hydrogen) atoms. The van der Waals surface area contributed by atoms with Crippen LogP contribution in [0.15, 0.2) is 243 Å². The van der Waals surface area contributed by atoms with Crippen LogP contribution < -0.4 is 4.90 Å². The molecule has 0 aliphatic carbocycles. The average Bonchev–Trinajstić information content (AvgIpc) is 3.73. The number of nitrogens with zero attached hydrogens (tertiary/aromatic N) is 4. The molecule has 0 amide bonds. The van der Waals surface area contributed by atoms with Crippen LogP contribution in [0.25, 0.3) is 83.7 Å². The molecule has 0 fully saturated rings. The molecule has 0 aliphatic heterocycles. The number of rotatable bonds is 10. The fourth-order valence-electron chi connectivity index (χ4n) is 9.37. The second kappa shape index (κ2) is 17.5. The third-order valence-corrected chi connectivity index (χ3v) is 12.5. The molecule has 0 radical (unpaired) electrons. The van der Waals surface area contributed by atoms with Gasteiger partial charge in [-0.15, -0.1) is 0 Å². The molecule has 4 heteroatoms. The van der Waals surface area contributed by atoms with E-state index in [9.17, 15) is 0 Å². The molecule has 314 valence electrons. The lowest BCUT2D eigenvalue weighted by Gasteiger charge is -2.29. The van der Waals surface area contributed by atoms with Gasteiger partial charge in [-0.2, -0.15) is 0 Å². The van der Waals surface area contributed by atoms with Crippen molar-refractivity contribution in [1.29, 1.82) is 0 Å². The summed E-state index contributed by atoms with van der Waals surface area (Å²) in [6.07, 6.45) is 3.89. The molecular formula is C62H46N4. The summed E-state index contributed by atoms with van der Waals surface area (Å²) in [5.41, 5.74) is 19.9. The minimum absolute atomic E-state index is 0.853. The Hall–Kier alpha value is -8.60. The van der Waals surface area contributed by atoms with E-state index in [1.54, 1.807) is 0 Å². The number of aromatic nitrogens is 3. The highest BCUT2D eigenvalue weighted by Crippen LogP contribution is 2.47. The smallest absolute Gasteiger partial charge is 0.137 e. The summed E-state index contributed by atoms with van der Waals surface area (Å²) in [5.74, 6) is 0.853. The Morgan fingerprint density at radius 2 is 1.00 bits per heavy atom. The van der Waals surface area contributed by atoms with Crippen LogP contribution in [0.5, 0.6) is 0 Å². The SMILES string of the molecule is Cc1cc(-c2cc(-c3ccc(-c4ccccc4)cc3)c(C)cn2)cc(N(c2ccc3c(-c4ccccc4)c(-c4ccccc4)n(-c4ccccn4)c3c2)c2ccccc2-c2ccccc2)c1. The third-order valence-electron chi connectivity index (χ3n) is 12.5. The Morgan fingerprint density at radius 1 is 0.409 bits per heavy atom. The number of hydrogen-bond acceptors (Lipinski definition) is 3. The van der Waals surface area contributed by atoms with Crippen LogP contribution in [0.3, 0.4) is 0 Å². The Morgan fingerprint density at radius 3 is 1.70 bits per heavy atom. The topological polar surface area (TPSA) is 34.0 Å². The predicted molar refractivity (Wildman–Crippen MR) is 276 cm³/mol. The minimum Gasteiger partial charge on any atom is -0.310 e. The molecule has 0 saturated heterocycles. The maximum absolute atomic E-state index is 5.08. The Bertz CT molecular complexity index is 3450. The van der Waals surface area contributed by atoms with Gasteiger partial charge < -0.3 is 4.90 Å². The molecule has 0 bridgehead atoms. The third kappa shape index (κ3) is 7.65. The summed E-state index contributed by atoms with van der Waals surface area (Å²) in [5, 5.41) is 1.14. The average molecular weight is 847 g/mol. The first-order valence-electron chi connectivity index (χ1n) is 22.5. The lowest BCUT2D eigenvalue weighted by molar-refractivity contribution is 1.05. The highest BCUT2D eigenvalue weighted by Gasteiger charge is 2.25. The summed E-state index contributed by atoms with van der Waals surface area (Å²) in [6.45, 7) is 4.32. The molecule has 0 unspecified atom stereocenters. The Balaban J connectivity index is 1.12. The van der Waals surface area contributed by atoms with Crippen molar-refractivity contribution >= 4 is 28.0 Å². The van der Waals surface area contributed by atoms with E-state index in [2.05, 4.69) is 248 Å². The molecule has 0 saturated carbocycles. The van der Waals surface area contributed by atoms with E-state index in [0.29, 0.717) is 0 Å². The lowest BCUT2D eigenvalue weighted by Crippen LogP contribution is -2.12. The number of para-hydroxylation sites is 1. The number of fused-ring (bicyclic) bond motifs is 1. The van der Waals surface area contributed by atoms with Gasteiger partial charge in [0.05, 0.1) is 22.6 Å². The van der Waals surface area contributed by atoms with Crippen LogP contribution in [0.1, 0.15) is 11.1 Å². The molecule has 0 spiro atoms. The molecule has 11 rings (SSSR count). The van der Waals surface area contributed by atoms with Crippen molar-refractivity contribution in [1.82, 2.24) is 14.5 Å². The molecule has 8 aromatic carbocycles. The van der Waals surface area contributed by atoms with E-state index in [-0.39, 0.29) is 0 Å². The largest absolute Gasteiger partial charge is 0.310 e. The lowest BCUT2D eigenvalue weighted by atomic mass is 9.96. The first kappa shape index (κ1) is 40.2. The van der Waals surface area contributed by atoms with Crippen LogP contribution in [0.2, 0.25) is 0 Å². The van der Waals surface area contributed by atoms with Crippen LogP contribution in [0.4, 0.5) is 17.1 Å². The van der Waals surface area contributed by atoms with Gasteiger partial charge in [0.1, 0.15) is 5.82 Å². The zero-order valence-corrected chi connectivity index (χ0v) is 36.9. The van der Waals surface area contributed by atoms with Crippen molar-refractivity contribution in [3.8, 4) is 72.8 Å². The van der Waals surface area contributed by atoms with Crippen molar-refractivity contribution in [2.75, 3.05) is 4.90 Å². The van der Waals surface area contributed by atoms with Gasteiger partial charge in [0.25, 0.3) is 0 Å². The maximum Gasteiger partial charge on any atom is 0.137 e. The van der Waals surface area contributed by atoms with Crippen molar-refractivity contribution in [3.05, 3.63) is 254 Å². The molecule has 3 aromatic heterocycles. The standard InChI is InChI=1S/C62H46N4/c1-43-37-51(57-41-56(44(2)42-64-57)48-32-30-46(31-33-48)45-19-7-3-8-20-45)39-53(38-43)65(58-28-16-15-27-54(58)47-21-9-4-10-22-47)52-34-35-55-59(40-52)66(60-29-17-18-36-63-60)62(50-25-13-6-14-26-50)61(55)49-23-11-5-12-24-49/h3-42H,1-2H3. The molecule has 0 aliphatic rings. The van der Waals surface area contributed by atoms with Crippen molar-refractivity contribution in [3.63, 3.8) is 0 Å². The summed E-state index contributed by atoms with van der Waals surface area (Å²) in [6, 6.07) is 82.4. The summed E-state index contributed by atoms with van der Waals surface area (Å²) in [4.78, 5) is 12.5. The maximum atomic E-state index is 5.08. The van der Waals surface area contributed by atoms with Gasteiger partial charge in [0.2, 0.25) is 0 Å². The molecular weight excluding hydrogens is 801 g/mol. The number of aryl methyl sites for hydroxylation is 2. The molecule has 4 nitrogen and oxygen atoms in total. The quantitative estimate of drug-likeness (QED) is 0.137. The van der Waals surface area contributed by atoms with Crippen LogP contribution in [-0.4, -0.2) is 14.5 Å². The van der Waals surface area contributed by atoms with E-state index >= 15 is 0 Å². The van der Waals surface area contributed by atoms with Crippen molar-refractivity contribution < 1.29 is 0 Å². The summed E-state index contributed by atoms with van der Waals surface area (Å²) in [7, 11) is 0. The normalized spacial score (nSPS) is 11.2. The number of benzene rings is 8. The highest BCUT2D eigenvalue weighted by molar-refractivity contribution is 6.07. The minimum atomic E-state index is 0.853. The van der Waals surface area contributed by atoms with Crippen LogP contribution in [0, 0.1) is 13.8 Å². The van der Waals surface area contributed by atoms with Crippen LogP contribution in [-0.2, 0) is 0 Å². The van der Waals surface area contributed by atoms with Gasteiger partial charge in [-0.25, -0.2) is 4.98 Å². The molecule has 11 aromatic rings. The number of pyridine rings is 2. The highest BCUT2D eigenvalue weighted by atomic mass is 15.2. The van der Waals surface area contributed by atoms with Crippen molar-refractivity contribution in [2.45, 2.75) is 13.8 Å². The van der Waals surface area contributed by atoms with Gasteiger partial charge in [-0.05, 0) is 119 Å². The number of hydrogen-bond donors (Lipinski definition) is 0. The van der Waals surface area contributed by atoms with Gasteiger partial charge in [-0.1, -0.05) is 176 Å². The number of anilines is 3. The molecule has 0 atom stereocenters. The van der Waals surface area contributed by atoms with E-state index in [1.165, 1.54) is 16.7 Å². The van der Waals surface area contributed by atoms with Crippen molar-refractivity contribution in [2.24, 2.45) is 0 Å². The van der Waals surface area contributed by atoms with E-state index < -0.39 is 0 Å². The van der Waals surface area contributed by atoms with Gasteiger partial charge >= 0.3 is 0 Å². The molecule has 3 heterocycles. The zero-order valence-electron chi connectivity index (χ0n) is 36.9. The first-order valence-corrected chi connectivity index (χ1v) is 22.5. The fourth-order valence-corrected chi connectivity index (χ4v) is 9.37. The summed E-state index contributed by atoms with van der Waals surface area (Å²) < 4.78 is 2.34. The second-order valence-corrected chi connectivity index (χ2v) is 16.8. The second-order valence-electron chi connectivity index (χ2n) is 16.8. The first-order chi connectivity index (χ1) is 32.6. The summed E-state index contributed by atoms with van der Waals surface area (Å²) >= 11 is 0. The molecule has 0 N–H and O–H groups in total. The fraction of sp³-hybridized carbons (Fsp3) is 0.0323. The van der Waals surface area contributed by atoms with E-state index in [4.69, 9.17) is 9.97 Å². The van der Waals surface area contributed by atoms with Gasteiger partial charge in [0.15, 0.2) is 0 Å².